The number of esters is 1. The Balaban J connectivity index is 1.93. The van der Waals surface area contributed by atoms with Gasteiger partial charge in [0.25, 0.3) is 0 Å². The van der Waals surface area contributed by atoms with Crippen LogP contribution < -0.4 is 0 Å². The van der Waals surface area contributed by atoms with Crippen LogP contribution in [0.1, 0.15) is 24.0 Å². The molecule has 1 fully saturated rings. The van der Waals surface area contributed by atoms with Gasteiger partial charge in [-0.05, 0) is 30.5 Å². The smallest absolute Gasteiger partial charge is 0.310 e. The van der Waals surface area contributed by atoms with Crippen LogP contribution in [0.15, 0.2) is 24.3 Å². The van der Waals surface area contributed by atoms with Crippen LogP contribution in [-0.4, -0.2) is 38.0 Å². The third kappa shape index (κ3) is 4.29. The Bertz CT molecular complexity index is 694. The van der Waals surface area contributed by atoms with E-state index < -0.39 is 21.9 Å². The van der Waals surface area contributed by atoms with Gasteiger partial charge in [-0.3, -0.25) is 4.79 Å². The maximum atomic E-state index is 12.1. The van der Waals surface area contributed by atoms with Gasteiger partial charge in [-0.25, -0.2) is 12.7 Å². The second kappa shape index (κ2) is 6.90. The lowest BCUT2D eigenvalue weighted by atomic mass is 10.00. The van der Waals surface area contributed by atoms with Crippen LogP contribution in [0.5, 0.6) is 0 Å². The van der Waals surface area contributed by atoms with Crippen molar-refractivity contribution in [1.82, 2.24) is 4.31 Å². The minimum Gasteiger partial charge on any atom is -0.461 e. The summed E-state index contributed by atoms with van der Waals surface area (Å²) in [6, 6.07) is 8.87. The second-order valence-corrected chi connectivity index (χ2v) is 7.36. The molecule has 0 bridgehead atoms. The average molecular weight is 322 g/mol. The monoisotopic (exact) mass is 322 g/mol. The minimum absolute atomic E-state index is 0.0870. The van der Waals surface area contributed by atoms with Crippen molar-refractivity contribution < 1.29 is 17.9 Å². The summed E-state index contributed by atoms with van der Waals surface area (Å²) in [5.41, 5.74) is 1.25. The molecule has 1 saturated heterocycles. The summed E-state index contributed by atoms with van der Waals surface area (Å²) < 4.78 is 29.7. The average Bonchev–Trinajstić information content (AvgIpc) is 2.52. The molecule has 1 aliphatic heterocycles. The van der Waals surface area contributed by atoms with Crippen LogP contribution in [0, 0.1) is 17.2 Å². The summed E-state index contributed by atoms with van der Waals surface area (Å²) >= 11 is 0. The molecule has 1 aromatic carbocycles. The number of ether oxygens (including phenoxy) is 1. The molecule has 2 rings (SSSR count). The lowest BCUT2D eigenvalue weighted by Crippen LogP contribution is -2.42. The van der Waals surface area contributed by atoms with E-state index in [9.17, 15) is 13.2 Å². The van der Waals surface area contributed by atoms with Gasteiger partial charge in [0.1, 0.15) is 6.61 Å². The number of nitriles is 1. The Hall–Kier alpha value is -1.91. The van der Waals surface area contributed by atoms with Crippen LogP contribution in [0.2, 0.25) is 0 Å². The zero-order valence-electron chi connectivity index (χ0n) is 12.4. The van der Waals surface area contributed by atoms with Crippen molar-refractivity contribution in [3.8, 4) is 6.07 Å². The first-order chi connectivity index (χ1) is 10.4. The fourth-order valence-electron chi connectivity index (χ4n) is 2.44. The molecule has 0 radical (unpaired) electrons. The summed E-state index contributed by atoms with van der Waals surface area (Å²) in [4.78, 5) is 12.1. The number of rotatable bonds is 4. The number of hydrogen-bond donors (Lipinski definition) is 0. The third-order valence-corrected chi connectivity index (χ3v) is 4.89. The number of nitrogens with zero attached hydrogens (tertiary/aromatic N) is 2. The molecule has 1 aliphatic rings. The van der Waals surface area contributed by atoms with Gasteiger partial charge in [-0.1, -0.05) is 12.1 Å². The summed E-state index contributed by atoms with van der Waals surface area (Å²) in [7, 11) is -3.28. The van der Waals surface area contributed by atoms with Crippen LogP contribution in [0.3, 0.4) is 0 Å². The molecule has 0 saturated carbocycles. The predicted molar refractivity (Wildman–Crippen MR) is 80.1 cm³/mol. The molecule has 0 amide bonds. The lowest BCUT2D eigenvalue weighted by molar-refractivity contribution is -0.151. The number of carbonyl (C=O) groups is 1. The van der Waals surface area contributed by atoms with E-state index in [-0.39, 0.29) is 13.2 Å². The number of piperidine rings is 1. The predicted octanol–water partition coefficient (Wildman–Crippen LogP) is 1.27. The molecule has 0 unspecified atom stereocenters. The summed E-state index contributed by atoms with van der Waals surface area (Å²) in [6.07, 6.45) is 2.42. The Labute approximate surface area is 130 Å². The van der Waals surface area contributed by atoms with Crippen LogP contribution in [-0.2, 0) is 26.2 Å². The largest absolute Gasteiger partial charge is 0.461 e. The summed E-state index contributed by atoms with van der Waals surface area (Å²) in [5, 5.41) is 8.83. The molecule has 118 valence electrons. The second-order valence-electron chi connectivity index (χ2n) is 5.38. The molecule has 1 atom stereocenters. The van der Waals surface area contributed by atoms with E-state index in [0.717, 1.165) is 11.8 Å². The van der Waals surface area contributed by atoms with Gasteiger partial charge < -0.3 is 4.74 Å². The van der Waals surface area contributed by atoms with Gasteiger partial charge in [-0.15, -0.1) is 0 Å². The number of carbonyl (C=O) groups excluding carboxylic acids is 1. The molecule has 6 nitrogen and oxygen atoms in total. The van der Waals surface area contributed by atoms with E-state index in [2.05, 4.69) is 0 Å². The van der Waals surface area contributed by atoms with Gasteiger partial charge in [0.05, 0.1) is 23.8 Å². The molecule has 0 aromatic heterocycles. The molecule has 0 spiro atoms. The highest BCUT2D eigenvalue weighted by Crippen LogP contribution is 2.20. The van der Waals surface area contributed by atoms with E-state index >= 15 is 0 Å². The molecule has 0 aliphatic carbocycles. The number of benzene rings is 1. The van der Waals surface area contributed by atoms with Crippen molar-refractivity contribution >= 4 is 16.0 Å². The minimum atomic E-state index is -3.28. The van der Waals surface area contributed by atoms with Crippen molar-refractivity contribution in [3.05, 3.63) is 35.4 Å². The molecule has 0 N–H and O–H groups in total. The van der Waals surface area contributed by atoms with Crippen molar-refractivity contribution in [2.45, 2.75) is 19.4 Å². The van der Waals surface area contributed by atoms with Gasteiger partial charge in [0.15, 0.2) is 0 Å². The normalized spacial score (nSPS) is 19.4. The van der Waals surface area contributed by atoms with E-state index in [1.807, 2.05) is 6.07 Å². The highest BCUT2D eigenvalue weighted by molar-refractivity contribution is 7.88. The first-order valence-electron chi connectivity index (χ1n) is 7.01. The molecule has 1 heterocycles. The third-order valence-electron chi connectivity index (χ3n) is 3.62. The van der Waals surface area contributed by atoms with Crippen molar-refractivity contribution in [3.63, 3.8) is 0 Å². The highest BCUT2D eigenvalue weighted by atomic mass is 32.2. The van der Waals surface area contributed by atoms with Crippen molar-refractivity contribution in [1.29, 1.82) is 5.26 Å². The van der Waals surface area contributed by atoms with Crippen LogP contribution in [0.4, 0.5) is 0 Å². The molecular formula is C15H18N2O4S. The first-order valence-corrected chi connectivity index (χ1v) is 8.86. The standard InChI is InChI=1S/C15H18N2O4S/c1-22(19,20)17-7-3-6-14(10-17)15(18)21-11-13-5-2-4-12(8-13)9-16/h2,4-5,8,14H,3,6-7,10-11H2,1H3/t14-/m0/s1. The van der Waals surface area contributed by atoms with Gasteiger partial charge in [0, 0.05) is 13.1 Å². The molecular weight excluding hydrogens is 304 g/mol. The van der Waals surface area contributed by atoms with Gasteiger partial charge in [-0.2, -0.15) is 5.26 Å². The SMILES string of the molecule is CS(=O)(=O)N1CCC[C@H](C(=O)OCc2cccc(C#N)c2)C1. The zero-order valence-corrected chi connectivity index (χ0v) is 13.2. The topological polar surface area (TPSA) is 87.5 Å². The van der Waals surface area contributed by atoms with Crippen molar-refractivity contribution in [2.75, 3.05) is 19.3 Å². The summed E-state index contributed by atoms with van der Waals surface area (Å²) in [6.45, 7) is 0.715. The fraction of sp³-hybridized carbons (Fsp3) is 0.467. The Kier molecular flexibility index (Phi) is 5.16. The maximum absolute atomic E-state index is 12.1. The maximum Gasteiger partial charge on any atom is 0.310 e. The van der Waals surface area contributed by atoms with Crippen LogP contribution >= 0.6 is 0 Å². The fourth-order valence-corrected chi connectivity index (χ4v) is 3.35. The first kappa shape index (κ1) is 16.5. The number of sulfonamides is 1. The van der Waals surface area contributed by atoms with E-state index in [4.69, 9.17) is 10.00 Å². The van der Waals surface area contributed by atoms with Crippen molar-refractivity contribution in [2.24, 2.45) is 5.92 Å². The molecule has 7 heteroatoms. The Morgan fingerprint density at radius 1 is 1.50 bits per heavy atom. The van der Waals surface area contributed by atoms with Gasteiger partial charge in [0.2, 0.25) is 10.0 Å². The highest BCUT2D eigenvalue weighted by Gasteiger charge is 2.31. The lowest BCUT2D eigenvalue weighted by Gasteiger charge is -2.29. The summed E-state index contributed by atoms with van der Waals surface area (Å²) in [5.74, 6) is -0.821. The number of hydrogen-bond acceptors (Lipinski definition) is 5. The molecule has 22 heavy (non-hydrogen) atoms. The van der Waals surface area contributed by atoms with E-state index in [1.54, 1.807) is 24.3 Å². The Morgan fingerprint density at radius 3 is 2.95 bits per heavy atom. The van der Waals surface area contributed by atoms with Crippen LogP contribution in [0.25, 0.3) is 0 Å². The molecule has 1 aromatic rings. The van der Waals surface area contributed by atoms with E-state index in [1.165, 1.54) is 4.31 Å². The van der Waals surface area contributed by atoms with Gasteiger partial charge >= 0.3 is 5.97 Å². The van der Waals surface area contributed by atoms with E-state index in [0.29, 0.717) is 24.9 Å². The Morgan fingerprint density at radius 2 is 2.27 bits per heavy atom. The zero-order chi connectivity index (χ0) is 16.2. The quantitative estimate of drug-likeness (QED) is 0.779.